The normalized spacial score (nSPS) is 19.2. The van der Waals surface area contributed by atoms with Crippen LogP contribution in [0.25, 0.3) is 0 Å². The second-order valence-corrected chi connectivity index (χ2v) is 5.52. The summed E-state index contributed by atoms with van der Waals surface area (Å²) in [5, 5.41) is 14.8. The monoisotopic (exact) mass is 327 g/mol. The molecule has 1 heterocycles. The number of rotatable bonds is 5. The number of nitrogens with zero attached hydrogens (tertiary/aromatic N) is 2. The molecule has 23 heavy (non-hydrogen) atoms. The summed E-state index contributed by atoms with van der Waals surface area (Å²) in [4.78, 5) is 23.0. The Balaban J connectivity index is 1.71. The van der Waals surface area contributed by atoms with E-state index in [1.165, 1.54) is 19.2 Å². The minimum absolute atomic E-state index is 0.0584. The number of hydrogen-bond donors (Lipinski definition) is 3. The van der Waals surface area contributed by atoms with Gasteiger partial charge >= 0.3 is 6.03 Å². The van der Waals surface area contributed by atoms with Crippen LogP contribution in [0.15, 0.2) is 12.1 Å². The summed E-state index contributed by atoms with van der Waals surface area (Å²) >= 11 is 0. The number of carbonyl (C=O) groups is 2. The van der Waals surface area contributed by atoms with E-state index in [2.05, 4.69) is 26.1 Å². The molecule has 0 radical (unpaired) electrons. The van der Waals surface area contributed by atoms with Crippen LogP contribution in [0.1, 0.15) is 36.2 Å². The van der Waals surface area contributed by atoms with Crippen molar-refractivity contribution in [1.29, 1.82) is 0 Å². The minimum atomic E-state index is -2.56. The predicted molar refractivity (Wildman–Crippen MR) is 79.3 cm³/mol. The van der Waals surface area contributed by atoms with Crippen LogP contribution in [0.5, 0.6) is 0 Å². The highest BCUT2D eigenvalue weighted by Gasteiger charge is 2.38. The fourth-order valence-corrected chi connectivity index (χ4v) is 2.49. The summed E-state index contributed by atoms with van der Waals surface area (Å²) in [6.07, 6.45) is 0.826. The molecule has 7 nitrogen and oxygen atoms in total. The Bertz CT molecular complexity index is 565. The lowest BCUT2D eigenvalue weighted by atomic mass is 10.0. The molecule has 3 N–H and O–H groups in total. The Labute approximate surface area is 132 Å². The molecule has 1 atom stereocenters. The van der Waals surface area contributed by atoms with Crippen LogP contribution in [0.2, 0.25) is 0 Å². The molecule has 0 aliphatic heterocycles. The van der Waals surface area contributed by atoms with Crippen LogP contribution < -0.4 is 16.0 Å². The lowest BCUT2D eigenvalue weighted by Gasteiger charge is -2.11. The van der Waals surface area contributed by atoms with Gasteiger partial charge in [-0.1, -0.05) is 0 Å². The molecule has 9 heteroatoms. The fraction of sp³-hybridized carbons (Fsp3) is 0.571. The van der Waals surface area contributed by atoms with E-state index in [1.54, 1.807) is 0 Å². The first kappa shape index (κ1) is 17.0. The third kappa shape index (κ3) is 5.11. The second kappa shape index (κ2) is 7.30. The van der Waals surface area contributed by atoms with Crippen molar-refractivity contribution >= 4 is 17.8 Å². The largest absolute Gasteiger partial charge is 0.354 e. The number of carbonyl (C=O) groups excluding carboxylic acids is 2. The van der Waals surface area contributed by atoms with Crippen molar-refractivity contribution in [3.05, 3.63) is 17.8 Å². The molecule has 0 spiro atoms. The molecule has 0 saturated heterocycles. The van der Waals surface area contributed by atoms with Crippen LogP contribution in [0.3, 0.4) is 0 Å². The van der Waals surface area contributed by atoms with E-state index in [-0.39, 0.29) is 36.2 Å². The summed E-state index contributed by atoms with van der Waals surface area (Å²) in [6, 6.07) is 2.40. The lowest BCUT2D eigenvalue weighted by molar-refractivity contribution is 0.00478. The Kier molecular flexibility index (Phi) is 5.41. The van der Waals surface area contributed by atoms with E-state index >= 15 is 0 Å². The molecule has 1 fully saturated rings. The highest BCUT2D eigenvalue weighted by atomic mass is 19.3. The van der Waals surface area contributed by atoms with E-state index in [4.69, 9.17) is 0 Å². The maximum absolute atomic E-state index is 13.0. The second-order valence-electron chi connectivity index (χ2n) is 5.52. The van der Waals surface area contributed by atoms with Gasteiger partial charge in [0.2, 0.25) is 5.92 Å². The molecule has 0 bridgehead atoms. The van der Waals surface area contributed by atoms with Gasteiger partial charge in [-0.05, 0) is 30.9 Å². The number of anilines is 1. The Morgan fingerprint density at radius 1 is 1.35 bits per heavy atom. The van der Waals surface area contributed by atoms with E-state index < -0.39 is 12.0 Å². The standard InChI is InChI=1S/C14H19F2N5O2/c1-17-12(22)10-2-3-11(21-20-10)19-13(23)18-7-5-9-4-6-14(15,16)8-9/h2-3,9H,4-8H2,1H3,(H,17,22)(H2,18,19,21,23). The van der Waals surface area contributed by atoms with Crippen molar-refractivity contribution in [2.75, 3.05) is 18.9 Å². The molecule has 1 unspecified atom stereocenters. The maximum Gasteiger partial charge on any atom is 0.320 e. The highest BCUT2D eigenvalue weighted by molar-refractivity contribution is 5.92. The van der Waals surface area contributed by atoms with Gasteiger partial charge in [-0.25, -0.2) is 13.6 Å². The summed E-state index contributed by atoms with van der Waals surface area (Å²) in [5.41, 5.74) is 0.139. The molecule has 1 aromatic rings. The summed E-state index contributed by atoms with van der Waals surface area (Å²) < 4.78 is 26.1. The highest BCUT2D eigenvalue weighted by Crippen LogP contribution is 2.39. The number of halogens is 2. The Morgan fingerprint density at radius 3 is 2.70 bits per heavy atom. The predicted octanol–water partition coefficient (Wildman–Crippen LogP) is 1.78. The number of amides is 3. The van der Waals surface area contributed by atoms with E-state index in [0.717, 1.165) is 0 Å². The maximum atomic E-state index is 13.0. The van der Waals surface area contributed by atoms with Gasteiger partial charge in [0.05, 0.1) is 0 Å². The van der Waals surface area contributed by atoms with Crippen molar-refractivity contribution in [2.24, 2.45) is 5.92 Å². The minimum Gasteiger partial charge on any atom is -0.354 e. The molecule has 1 aromatic heterocycles. The average Bonchev–Trinajstić information content (AvgIpc) is 2.86. The van der Waals surface area contributed by atoms with Crippen LogP contribution in [-0.2, 0) is 0 Å². The third-order valence-electron chi connectivity index (χ3n) is 3.71. The number of aromatic nitrogens is 2. The zero-order valence-electron chi connectivity index (χ0n) is 12.7. The van der Waals surface area contributed by atoms with Crippen molar-refractivity contribution in [3.63, 3.8) is 0 Å². The van der Waals surface area contributed by atoms with Crippen molar-refractivity contribution in [2.45, 2.75) is 31.6 Å². The van der Waals surface area contributed by atoms with Crippen molar-refractivity contribution in [1.82, 2.24) is 20.8 Å². The van der Waals surface area contributed by atoms with Crippen LogP contribution in [0.4, 0.5) is 19.4 Å². The lowest BCUT2D eigenvalue weighted by Crippen LogP contribution is -2.31. The summed E-state index contributed by atoms with van der Waals surface area (Å²) in [7, 11) is 1.48. The molecule has 2 rings (SSSR count). The number of alkyl halides is 2. The molecular formula is C14H19F2N5O2. The molecular weight excluding hydrogens is 308 g/mol. The summed E-state index contributed by atoms with van der Waals surface area (Å²) in [6.45, 7) is 0.316. The Morgan fingerprint density at radius 2 is 2.13 bits per heavy atom. The number of hydrogen-bond acceptors (Lipinski definition) is 4. The number of urea groups is 1. The molecule has 0 aromatic carbocycles. The summed E-state index contributed by atoms with van der Waals surface area (Å²) in [5.74, 6) is -2.80. The van der Waals surface area contributed by atoms with E-state index in [9.17, 15) is 18.4 Å². The first-order chi connectivity index (χ1) is 10.9. The van der Waals surface area contributed by atoms with E-state index in [0.29, 0.717) is 19.4 Å². The molecule has 126 valence electrons. The molecule has 3 amide bonds. The van der Waals surface area contributed by atoms with Gasteiger partial charge in [0.15, 0.2) is 11.5 Å². The molecule has 1 aliphatic rings. The zero-order valence-corrected chi connectivity index (χ0v) is 12.7. The van der Waals surface area contributed by atoms with Crippen LogP contribution >= 0.6 is 0 Å². The van der Waals surface area contributed by atoms with Gasteiger partial charge in [0.25, 0.3) is 5.91 Å². The molecule has 1 saturated carbocycles. The third-order valence-corrected chi connectivity index (χ3v) is 3.71. The molecule has 1 aliphatic carbocycles. The van der Waals surface area contributed by atoms with Gasteiger partial charge in [0, 0.05) is 26.4 Å². The topological polar surface area (TPSA) is 96.0 Å². The van der Waals surface area contributed by atoms with Gasteiger partial charge < -0.3 is 10.6 Å². The van der Waals surface area contributed by atoms with Gasteiger partial charge in [-0.2, -0.15) is 0 Å². The smallest absolute Gasteiger partial charge is 0.320 e. The fourth-order valence-electron chi connectivity index (χ4n) is 2.49. The SMILES string of the molecule is CNC(=O)c1ccc(NC(=O)NCCC2CCC(F)(F)C2)nn1. The Hall–Kier alpha value is -2.32. The van der Waals surface area contributed by atoms with Gasteiger partial charge in [-0.3, -0.25) is 10.1 Å². The first-order valence-electron chi connectivity index (χ1n) is 7.38. The first-order valence-corrected chi connectivity index (χ1v) is 7.38. The average molecular weight is 327 g/mol. The van der Waals surface area contributed by atoms with Gasteiger partial charge in [0.1, 0.15) is 0 Å². The van der Waals surface area contributed by atoms with E-state index in [1.807, 2.05) is 0 Å². The van der Waals surface area contributed by atoms with Crippen LogP contribution in [0, 0.1) is 5.92 Å². The van der Waals surface area contributed by atoms with Crippen LogP contribution in [-0.4, -0.2) is 41.7 Å². The quantitative estimate of drug-likeness (QED) is 0.768. The van der Waals surface area contributed by atoms with Gasteiger partial charge in [-0.15, -0.1) is 10.2 Å². The van der Waals surface area contributed by atoms with Crippen molar-refractivity contribution < 1.29 is 18.4 Å². The zero-order chi connectivity index (χ0) is 16.9. The van der Waals surface area contributed by atoms with Crippen molar-refractivity contribution in [3.8, 4) is 0 Å². The number of nitrogens with one attached hydrogen (secondary N) is 3.